The number of benzene rings is 2. The average molecular weight is 395 g/mol. The van der Waals surface area contributed by atoms with Crippen LogP contribution in [0.15, 0.2) is 73.6 Å². The number of rotatable bonds is 8. The first kappa shape index (κ1) is 19.4. The van der Waals surface area contributed by atoms with E-state index in [9.17, 15) is 4.79 Å². The normalized spacial score (nSPS) is 10.2. The molecule has 1 heterocycles. The molecule has 0 saturated carbocycles. The van der Waals surface area contributed by atoms with Gasteiger partial charge < -0.3 is 15.4 Å². The van der Waals surface area contributed by atoms with Crippen molar-refractivity contribution >= 4 is 29.1 Å². The summed E-state index contributed by atoms with van der Waals surface area (Å²) in [6.45, 7) is 4.41. The number of carbonyl (C=O) groups excluding carboxylic acids is 1. The first-order valence-corrected chi connectivity index (χ1v) is 8.97. The maximum atomic E-state index is 11.8. The summed E-state index contributed by atoms with van der Waals surface area (Å²) in [6.07, 6.45) is 4.55. The third-order valence-electron chi connectivity index (χ3n) is 3.75. The van der Waals surface area contributed by atoms with E-state index in [-0.39, 0.29) is 5.91 Å². The second kappa shape index (κ2) is 9.53. The molecule has 1 aromatic heterocycles. The average Bonchev–Trinajstić information content (AvgIpc) is 2.73. The molecule has 0 atom stereocenters. The first-order valence-electron chi connectivity index (χ1n) is 8.59. The fourth-order valence-electron chi connectivity index (χ4n) is 2.29. The molecule has 0 unspecified atom stereocenters. The zero-order chi connectivity index (χ0) is 19.8. The van der Waals surface area contributed by atoms with E-state index in [1.54, 1.807) is 6.08 Å². The zero-order valence-corrected chi connectivity index (χ0v) is 15.8. The largest absolute Gasteiger partial charge is 0.489 e. The topological polar surface area (TPSA) is 76.1 Å². The van der Waals surface area contributed by atoms with Gasteiger partial charge in [0.2, 0.25) is 5.95 Å². The number of nitrogens with one attached hydrogen (secondary N) is 2. The minimum atomic E-state index is -0.242. The van der Waals surface area contributed by atoms with Gasteiger partial charge in [-0.3, -0.25) is 4.79 Å². The lowest BCUT2D eigenvalue weighted by Crippen LogP contribution is -2.23. The molecule has 3 rings (SSSR count). The molecule has 0 spiro atoms. The molecule has 0 aliphatic rings. The Morgan fingerprint density at radius 1 is 1.07 bits per heavy atom. The van der Waals surface area contributed by atoms with Crippen LogP contribution in [0.3, 0.4) is 0 Å². The molecule has 0 aliphatic heterocycles. The van der Waals surface area contributed by atoms with Crippen molar-refractivity contribution in [1.29, 1.82) is 0 Å². The fourth-order valence-corrected chi connectivity index (χ4v) is 2.41. The molecule has 1 amide bonds. The molecule has 3 aromatic rings. The van der Waals surface area contributed by atoms with E-state index in [1.165, 1.54) is 12.4 Å². The van der Waals surface area contributed by atoms with Crippen LogP contribution in [0.1, 0.15) is 15.9 Å². The molecule has 0 radical (unpaired) electrons. The van der Waals surface area contributed by atoms with Crippen molar-refractivity contribution in [2.24, 2.45) is 0 Å². The van der Waals surface area contributed by atoms with Crippen molar-refractivity contribution in [2.45, 2.75) is 6.61 Å². The standard InChI is InChI=1S/C21H19ClN4O2/c1-2-11-23-20(27)16-12-24-21(25-13-16)26-18-7-9-19(10-8-18)28-14-15-3-5-17(22)6-4-15/h2-10,12-13H,1,11,14H2,(H,23,27)(H,24,25,26). The van der Waals surface area contributed by atoms with E-state index in [0.29, 0.717) is 29.7 Å². The number of halogens is 1. The lowest BCUT2D eigenvalue weighted by molar-refractivity contribution is 0.0957. The van der Waals surface area contributed by atoms with E-state index in [2.05, 4.69) is 27.2 Å². The van der Waals surface area contributed by atoms with Crippen LogP contribution in [-0.4, -0.2) is 22.4 Å². The van der Waals surface area contributed by atoms with Gasteiger partial charge in [-0.25, -0.2) is 9.97 Å². The molecule has 0 aliphatic carbocycles. The van der Waals surface area contributed by atoms with Gasteiger partial charge in [-0.1, -0.05) is 29.8 Å². The molecule has 6 nitrogen and oxygen atoms in total. The molecular weight excluding hydrogens is 376 g/mol. The number of aromatic nitrogens is 2. The van der Waals surface area contributed by atoms with E-state index in [4.69, 9.17) is 16.3 Å². The van der Waals surface area contributed by atoms with Gasteiger partial charge in [-0.05, 0) is 42.0 Å². The number of anilines is 2. The number of ether oxygens (including phenoxy) is 1. The van der Waals surface area contributed by atoms with Crippen LogP contribution in [0.2, 0.25) is 5.02 Å². The monoisotopic (exact) mass is 394 g/mol. The number of hydrogen-bond donors (Lipinski definition) is 2. The summed E-state index contributed by atoms with van der Waals surface area (Å²) in [4.78, 5) is 20.1. The Labute approximate surface area is 168 Å². The highest BCUT2D eigenvalue weighted by Crippen LogP contribution is 2.19. The predicted molar refractivity (Wildman–Crippen MR) is 110 cm³/mol. The Kier molecular flexibility index (Phi) is 6.59. The maximum Gasteiger partial charge on any atom is 0.254 e. The summed E-state index contributed by atoms with van der Waals surface area (Å²) in [5.41, 5.74) is 2.23. The SMILES string of the molecule is C=CCNC(=O)c1cnc(Nc2ccc(OCc3ccc(Cl)cc3)cc2)nc1. The molecule has 2 aromatic carbocycles. The Morgan fingerprint density at radius 3 is 2.39 bits per heavy atom. The highest BCUT2D eigenvalue weighted by atomic mass is 35.5. The zero-order valence-electron chi connectivity index (χ0n) is 15.1. The lowest BCUT2D eigenvalue weighted by atomic mass is 10.2. The molecule has 0 saturated heterocycles. The van der Waals surface area contributed by atoms with Crippen LogP contribution in [0.4, 0.5) is 11.6 Å². The van der Waals surface area contributed by atoms with Gasteiger partial charge in [0, 0.05) is 29.6 Å². The van der Waals surface area contributed by atoms with Gasteiger partial charge in [0.05, 0.1) is 5.56 Å². The van der Waals surface area contributed by atoms with Crippen LogP contribution in [0, 0.1) is 0 Å². The first-order chi connectivity index (χ1) is 13.6. The van der Waals surface area contributed by atoms with Crippen molar-refractivity contribution in [1.82, 2.24) is 15.3 Å². The van der Waals surface area contributed by atoms with Crippen LogP contribution in [0.5, 0.6) is 5.75 Å². The summed E-state index contributed by atoms with van der Waals surface area (Å²) in [5, 5.41) is 6.45. The van der Waals surface area contributed by atoms with E-state index in [0.717, 1.165) is 17.0 Å². The summed E-state index contributed by atoms with van der Waals surface area (Å²) < 4.78 is 5.76. The van der Waals surface area contributed by atoms with Crippen molar-refractivity contribution in [3.05, 3.63) is 89.7 Å². The van der Waals surface area contributed by atoms with Gasteiger partial charge in [0.15, 0.2) is 0 Å². The minimum Gasteiger partial charge on any atom is -0.489 e. The Morgan fingerprint density at radius 2 is 1.75 bits per heavy atom. The third-order valence-corrected chi connectivity index (χ3v) is 4.00. The van der Waals surface area contributed by atoms with Crippen LogP contribution >= 0.6 is 11.6 Å². The molecule has 0 fully saturated rings. The lowest BCUT2D eigenvalue weighted by Gasteiger charge is -2.09. The Balaban J connectivity index is 1.54. The van der Waals surface area contributed by atoms with E-state index >= 15 is 0 Å². The Hall–Kier alpha value is -3.38. The van der Waals surface area contributed by atoms with E-state index in [1.807, 2.05) is 48.5 Å². The quantitative estimate of drug-likeness (QED) is 0.555. The molecule has 0 bridgehead atoms. The van der Waals surface area contributed by atoms with Crippen molar-refractivity contribution in [3.8, 4) is 5.75 Å². The van der Waals surface area contributed by atoms with Crippen molar-refractivity contribution in [3.63, 3.8) is 0 Å². The van der Waals surface area contributed by atoms with Gasteiger partial charge in [0.25, 0.3) is 5.91 Å². The van der Waals surface area contributed by atoms with Gasteiger partial charge >= 0.3 is 0 Å². The van der Waals surface area contributed by atoms with E-state index < -0.39 is 0 Å². The van der Waals surface area contributed by atoms with Crippen LogP contribution < -0.4 is 15.4 Å². The highest BCUT2D eigenvalue weighted by molar-refractivity contribution is 6.30. The van der Waals surface area contributed by atoms with Gasteiger partial charge in [-0.2, -0.15) is 0 Å². The summed E-state index contributed by atoms with van der Waals surface area (Å²) >= 11 is 5.88. The smallest absolute Gasteiger partial charge is 0.254 e. The summed E-state index contributed by atoms with van der Waals surface area (Å²) in [6, 6.07) is 15.0. The minimum absolute atomic E-state index is 0.242. The van der Waals surface area contributed by atoms with Crippen LogP contribution in [0.25, 0.3) is 0 Å². The molecule has 2 N–H and O–H groups in total. The van der Waals surface area contributed by atoms with Gasteiger partial charge in [-0.15, -0.1) is 6.58 Å². The summed E-state index contributed by atoms with van der Waals surface area (Å²) in [5.74, 6) is 0.902. The number of carbonyl (C=O) groups is 1. The third kappa shape index (κ3) is 5.56. The second-order valence-corrected chi connectivity index (χ2v) is 6.30. The fraction of sp³-hybridized carbons (Fsp3) is 0.0952. The molecule has 142 valence electrons. The van der Waals surface area contributed by atoms with Crippen molar-refractivity contribution < 1.29 is 9.53 Å². The maximum absolute atomic E-state index is 11.8. The van der Waals surface area contributed by atoms with Gasteiger partial charge in [0.1, 0.15) is 12.4 Å². The number of hydrogen-bond acceptors (Lipinski definition) is 5. The molecule has 7 heteroatoms. The van der Waals surface area contributed by atoms with Crippen molar-refractivity contribution in [2.75, 3.05) is 11.9 Å². The number of amides is 1. The highest BCUT2D eigenvalue weighted by Gasteiger charge is 2.06. The Bertz CT molecular complexity index is 926. The summed E-state index contributed by atoms with van der Waals surface area (Å²) in [7, 11) is 0. The number of nitrogens with zero attached hydrogens (tertiary/aromatic N) is 2. The second-order valence-electron chi connectivity index (χ2n) is 5.86. The molecule has 28 heavy (non-hydrogen) atoms. The molecular formula is C21H19ClN4O2. The predicted octanol–water partition coefficient (Wildman–Crippen LogP) is 4.37. The van der Waals surface area contributed by atoms with Crippen LogP contribution in [-0.2, 0) is 6.61 Å².